The number of amides is 1. The maximum absolute atomic E-state index is 12.7. The zero-order chi connectivity index (χ0) is 21.2. The van der Waals surface area contributed by atoms with Crippen LogP contribution in [0.1, 0.15) is 28.3 Å². The highest BCUT2D eigenvalue weighted by Crippen LogP contribution is 2.30. The Labute approximate surface area is 167 Å². The number of hydrogen-bond donors (Lipinski definition) is 4. The Morgan fingerprint density at radius 3 is 2.34 bits per heavy atom. The first kappa shape index (κ1) is 21.2. The topological polar surface area (TPSA) is 103 Å². The predicted octanol–water partition coefficient (Wildman–Crippen LogP) is 2.56. The van der Waals surface area contributed by atoms with E-state index in [0.29, 0.717) is 5.52 Å². The molecule has 0 aliphatic rings. The minimum absolute atomic E-state index is 0.143. The molecule has 29 heavy (non-hydrogen) atoms. The molecule has 3 aromatic rings. The second-order valence-corrected chi connectivity index (χ2v) is 7.34. The standard InChI is InChI=1S/C19H17F3N2O4S/c20-19(21,22)11-7-5-10(6-8-11)13(9-25)23-17(28)15(26)16(27)18-24-12-3-1-2-4-14(12)29-18/h1-8,13,15-16,25-27H,9H2,(H,23,28). The molecule has 154 valence electrons. The molecular formula is C19H17F3N2O4S. The average molecular weight is 426 g/mol. The Kier molecular flexibility index (Phi) is 6.18. The molecule has 10 heteroatoms. The van der Waals surface area contributed by atoms with Gasteiger partial charge in [0.1, 0.15) is 11.1 Å². The number of aliphatic hydroxyl groups is 3. The molecule has 0 saturated carbocycles. The van der Waals surface area contributed by atoms with Gasteiger partial charge in [-0.15, -0.1) is 11.3 Å². The van der Waals surface area contributed by atoms with Gasteiger partial charge >= 0.3 is 6.18 Å². The second kappa shape index (κ2) is 8.46. The van der Waals surface area contributed by atoms with E-state index >= 15 is 0 Å². The van der Waals surface area contributed by atoms with Gasteiger partial charge in [0.05, 0.1) is 28.4 Å². The van der Waals surface area contributed by atoms with Gasteiger partial charge in [-0.3, -0.25) is 4.79 Å². The van der Waals surface area contributed by atoms with Gasteiger partial charge in [-0.2, -0.15) is 13.2 Å². The van der Waals surface area contributed by atoms with Gasteiger partial charge in [-0.1, -0.05) is 24.3 Å². The highest BCUT2D eigenvalue weighted by Gasteiger charge is 2.32. The van der Waals surface area contributed by atoms with Crippen molar-refractivity contribution in [3.8, 4) is 0 Å². The lowest BCUT2D eigenvalue weighted by Gasteiger charge is -2.21. The van der Waals surface area contributed by atoms with Crippen molar-refractivity contribution in [3.63, 3.8) is 0 Å². The van der Waals surface area contributed by atoms with Gasteiger partial charge in [0.25, 0.3) is 5.91 Å². The Balaban J connectivity index is 1.71. The van der Waals surface area contributed by atoms with Crippen LogP contribution in [0.15, 0.2) is 48.5 Å². The Bertz CT molecular complexity index is 958. The highest BCUT2D eigenvalue weighted by molar-refractivity contribution is 7.18. The summed E-state index contributed by atoms with van der Waals surface area (Å²) in [7, 11) is 0. The Hall–Kier alpha value is -2.53. The van der Waals surface area contributed by atoms with Crippen LogP contribution in [0.3, 0.4) is 0 Å². The molecule has 2 aromatic carbocycles. The summed E-state index contributed by atoms with van der Waals surface area (Å²) in [4.78, 5) is 16.5. The van der Waals surface area contributed by atoms with Gasteiger partial charge in [0.2, 0.25) is 0 Å². The number of aromatic nitrogens is 1. The molecule has 1 heterocycles. The number of nitrogens with zero attached hydrogens (tertiary/aromatic N) is 1. The summed E-state index contributed by atoms with van der Waals surface area (Å²) >= 11 is 1.12. The number of rotatable bonds is 6. The van der Waals surface area contributed by atoms with Crippen LogP contribution in [-0.4, -0.2) is 38.9 Å². The first-order chi connectivity index (χ1) is 13.7. The third kappa shape index (κ3) is 4.73. The quantitative estimate of drug-likeness (QED) is 0.485. The number of thiazole rings is 1. The Morgan fingerprint density at radius 2 is 1.76 bits per heavy atom. The minimum atomic E-state index is -4.51. The van der Waals surface area contributed by atoms with E-state index in [4.69, 9.17) is 0 Å². The van der Waals surface area contributed by atoms with Crippen LogP contribution in [0.4, 0.5) is 13.2 Å². The lowest BCUT2D eigenvalue weighted by atomic mass is 10.0. The van der Waals surface area contributed by atoms with E-state index in [-0.39, 0.29) is 10.6 Å². The smallest absolute Gasteiger partial charge is 0.394 e. The zero-order valence-electron chi connectivity index (χ0n) is 14.8. The monoisotopic (exact) mass is 426 g/mol. The molecule has 6 nitrogen and oxygen atoms in total. The molecule has 0 bridgehead atoms. The summed E-state index contributed by atoms with van der Waals surface area (Å²) in [6.45, 7) is -0.610. The first-order valence-electron chi connectivity index (χ1n) is 8.50. The number of para-hydroxylation sites is 1. The number of aliphatic hydroxyl groups excluding tert-OH is 3. The molecule has 1 aromatic heterocycles. The van der Waals surface area contributed by atoms with Crippen LogP contribution in [0.2, 0.25) is 0 Å². The van der Waals surface area contributed by atoms with Gasteiger partial charge < -0.3 is 20.6 Å². The average Bonchev–Trinajstić information content (AvgIpc) is 3.14. The fourth-order valence-electron chi connectivity index (χ4n) is 2.69. The van der Waals surface area contributed by atoms with E-state index in [0.717, 1.165) is 40.3 Å². The number of benzene rings is 2. The maximum Gasteiger partial charge on any atom is 0.416 e. The molecule has 0 saturated heterocycles. The van der Waals surface area contributed by atoms with Crippen LogP contribution in [0.5, 0.6) is 0 Å². The third-order valence-corrected chi connectivity index (χ3v) is 5.38. The number of halogens is 3. The molecule has 3 atom stereocenters. The van der Waals surface area contributed by atoms with Crippen LogP contribution >= 0.6 is 11.3 Å². The van der Waals surface area contributed by atoms with Gasteiger partial charge in [0, 0.05) is 0 Å². The largest absolute Gasteiger partial charge is 0.416 e. The molecule has 0 aliphatic carbocycles. The fourth-order valence-corrected chi connectivity index (χ4v) is 3.67. The second-order valence-electron chi connectivity index (χ2n) is 6.27. The lowest BCUT2D eigenvalue weighted by Crippen LogP contribution is -2.41. The summed E-state index contributed by atoms with van der Waals surface area (Å²) in [6.07, 6.45) is -7.98. The molecule has 4 N–H and O–H groups in total. The lowest BCUT2D eigenvalue weighted by molar-refractivity contribution is -0.138. The van der Waals surface area contributed by atoms with Crippen LogP contribution < -0.4 is 5.32 Å². The normalized spacial score (nSPS) is 15.1. The van der Waals surface area contributed by atoms with Gasteiger partial charge in [-0.05, 0) is 29.8 Å². The van der Waals surface area contributed by atoms with Crippen molar-refractivity contribution in [1.29, 1.82) is 0 Å². The summed E-state index contributed by atoms with van der Waals surface area (Å²) in [5.41, 5.74) is -0.0387. The van der Waals surface area contributed by atoms with Crippen LogP contribution in [0.25, 0.3) is 10.2 Å². The predicted molar refractivity (Wildman–Crippen MR) is 100 cm³/mol. The number of carbonyl (C=O) groups excluding carboxylic acids is 1. The zero-order valence-corrected chi connectivity index (χ0v) is 15.6. The van der Waals surface area contributed by atoms with Crippen molar-refractivity contribution in [3.05, 3.63) is 64.7 Å². The van der Waals surface area contributed by atoms with Gasteiger partial charge in [-0.25, -0.2) is 4.98 Å². The minimum Gasteiger partial charge on any atom is -0.394 e. The number of alkyl halides is 3. The van der Waals surface area contributed by atoms with E-state index in [1.165, 1.54) is 0 Å². The fraction of sp³-hybridized carbons (Fsp3) is 0.263. The van der Waals surface area contributed by atoms with Crippen LogP contribution in [0, 0.1) is 0 Å². The summed E-state index contributed by atoms with van der Waals surface area (Å²) in [6, 6.07) is 9.91. The third-order valence-electron chi connectivity index (χ3n) is 4.27. The number of carbonyl (C=O) groups is 1. The molecule has 0 spiro atoms. The van der Waals surface area contributed by atoms with Crippen molar-refractivity contribution < 1.29 is 33.3 Å². The molecule has 0 radical (unpaired) electrons. The number of nitrogens with one attached hydrogen (secondary N) is 1. The SMILES string of the molecule is O=C(NC(CO)c1ccc(C(F)(F)F)cc1)C(O)C(O)c1nc2ccccc2s1. The van der Waals surface area contributed by atoms with Crippen molar-refractivity contribution in [2.24, 2.45) is 0 Å². The molecule has 3 unspecified atom stereocenters. The number of fused-ring (bicyclic) bond motifs is 1. The van der Waals surface area contributed by atoms with Gasteiger partial charge in [0.15, 0.2) is 6.10 Å². The van der Waals surface area contributed by atoms with Crippen molar-refractivity contribution >= 4 is 27.5 Å². The van der Waals surface area contributed by atoms with Crippen molar-refractivity contribution in [1.82, 2.24) is 10.3 Å². The summed E-state index contributed by atoms with van der Waals surface area (Å²) < 4.78 is 38.8. The Morgan fingerprint density at radius 1 is 1.10 bits per heavy atom. The van der Waals surface area contributed by atoms with E-state index in [2.05, 4.69) is 10.3 Å². The van der Waals surface area contributed by atoms with Crippen LogP contribution in [-0.2, 0) is 11.0 Å². The van der Waals surface area contributed by atoms with E-state index in [1.54, 1.807) is 24.3 Å². The molecule has 0 aliphatic heterocycles. The summed E-state index contributed by atoms with van der Waals surface area (Å²) in [5.74, 6) is -0.990. The van der Waals surface area contributed by atoms with E-state index in [1.807, 2.05) is 0 Å². The molecule has 3 rings (SSSR count). The maximum atomic E-state index is 12.7. The van der Waals surface area contributed by atoms with E-state index < -0.39 is 42.5 Å². The highest BCUT2D eigenvalue weighted by atomic mass is 32.1. The molecular weight excluding hydrogens is 409 g/mol. The van der Waals surface area contributed by atoms with Crippen molar-refractivity contribution in [2.75, 3.05) is 6.61 Å². The summed E-state index contributed by atoms with van der Waals surface area (Å²) in [5, 5.41) is 32.4. The molecule has 1 amide bonds. The molecule has 0 fully saturated rings. The first-order valence-corrected chi connectivity index (χ1v) is 9.32. The number of hydrogen-bond acceptors (Lipinski definition) is 6. The van der Waals surface area contributed by atoms with E-state index in [9.17, 15) is 33.3 Å². The van der Waals surface area contributed by atoms with Crippen molar-refractivity contribution in [2.45, 2.75) is 24.4 Å².